The van der Waals surface area contributed by atoms with E-state index in [-0.39, 0.29) is 6.23 Å². The smallest absolute Gasteiger partial charge is 0.107 e. The van der Waals surface area contributed by atoms with E-state index in [1.165, 1.54) is 154 Å². The van der Waals surface area contributed by atoms with Crippen molar-refractivity contribution in [2.24, 2.45) is 0 Å². The van der Waals surface area contributed by atoms with Crippen molar-refractivity contribution in [2.45, 2.75) is 188 Å². The standard InChI is InChI=1S/C31H65NO/c1-4-7-9-11-13-15-17-19-21-23-25-27-29-32(31(33)6-3)30-28-26-24-22-20-18-16-14-12-10-8-5-2/h31,33H,4-30H2,1-3H3. The van der Waals surface area contributed by atoms with Crippen LogP contribution in [0.3, 0.4) is 0 Å². The van der Waals surface area contributed by atoms with Gasteiger partial charge in [0.2, 0.25) is 0 Å². The first-order chi connectivity index (χ1) is 16.3. The van der Waals surface area contributed by atoms with E-state index in [0.29, 0.717) is 0 Å². The fourth-order valence-electron chi connectivity index (χ4n) is 4.98. The van der Waals surface area contributed by atoms with E-state index in [2.05, 4.69) is 25.7 Å². The number of rotatable bonds is 28. The molecule has 0 fully saturated rings. The normalized spacial score (nSPS) is 12.6. The highest BCUT2D eigenvalue weighted by Crippen LogP contribution is 2.15. The molecule has 200 valence electrons. The van der Waals surface area contributed by atoms with Crippen LogP contribution < -0.4 is 0 Å². The summed E-state index contributed by atoms with van der Waals surface area (Å²) in [6, 6.07) is 0. The lowest BCUT2D eigenvalue weighted by Crippen LogP contribution is -2.36. The van der Waals surface area contributed by atoms with E-state index >= 15 is 0 Å². The molecule has 0 aromatic rings. The summed E-state index contributed by atoms with van der Waals surface area (Å²) in [6.07, 6.45) is 34.2. The minimum atomic E-state index is -0.231. The predicted molar refractivity (Wildman–Crippen MR) is 150 cm³/mol. The third kappa shape index (κ3) is 24.8. The van der Waals surface area contributed by atoms with Gasteiger partial charge in [-0.05, 0) is 19.3 Å². The van der Waals surface area contributed by atoms with E-state index in [0.717, 1.165) is 19.5 Å². The molecule has 0 aromatic carbocycles. The third-order valence-electron chi connectivity index (χ3n) is 7.38. The van der Waals surface area contributed by atoms with Gasteiger partial charge in [0.15, 0.2) is 0 Å². The molecule has 0 aliphatic rings. The van der Waals surface area contributed by atoms with Gasteiger partial charge in [-0.15, -0.1) is 0 Å². The van der Waals surface area contributed by atoms with Crippen molar-refractivity contribution in [3.63, 3.8) is 0 Å². The molecular weight excluding hydrogens is 402 g/mol. The van der Waals surface area contributed by atoms with Crippen LogP contribution in [0.15, 0.2) is 0 Å². The van der Waals surface area contributed by atoms with E-state index in [1.54, 1.807) is 0 Å². The number of aliphatic hydroxyl groups is 1. The Labute approximate surface area is 210 Å². The van der Waals surface area contributed by atoms with Gasteiger partial charge >= 0.3 is 0 Å². The Morgan fingerprint density at radius 1 is 0.394 bits per heavy atom. The van der Waals surface area contributed by atoms with Crippen molar-refractivity contribution >= 4 is 0 Å². The van der Waals surface area contributed by atoms with Crippen LogP contribution in [-0.2, 0) is 0 Å². The Kier molecular flexibility index (Phi) is 28.1. The fraction of sp³-hybridized carbons (Fsp3) is 1.00. The maximum atomic E-state index is 10.4. The molecule has 2 nitrogen and oxygen atoms in total. The fourth-order valence-corrected chi connectivity index (χ4v) is 4.98. The summed E-state index contributed by atoms with van der Waals surface area (Å²) >= 11 is 0. The maximum absolute atomic E-state index is 10.4. The second-order valence-electron chi connectivity index (χ2n) is 10.7. The first-order valence-electron chi connectivity index (χ1n) is 15.7. The van der Waals surface area contributed by atoms with Gasteiger partial charge in [-0.1, -0.05) is 162 Å². The van der Waals surface area contributed by atoms with Crippen molar-refractivity contribution in [3.05, 3.63) is 0 Å². The molecule has 0 amide bonds. The van der Waals surface area contributed by atoms with Crippen LogP contribution >= 0.6 is 0 Å². The number of aliphatic hydroxyl groups excluding tert-OH is 1. The Balaban J connectivity index is 3.53. The average molecular weight is 468 g/mol. The zero-order valence-corrected chi connectivity index (χ0v) is 23.6. The molecule has 1 N–H and O–H groups in total. The van der Waals surface area contributed by atoms with Gasteiger partial charge in [0.25, 0.3) is 0 Å². The summed E-state index contributed by atoms with van der Waals surface area (Å²) in [5, 5.41) is 10.4. The van der Waals surface area contributed by atoms with E-state index in [9.17, 15) is 5.11 Å². The highest BCUT2D eigenvalue weighted by atomic mass is 16.3. The maximum Gasteiger partial charge on any atom is 0.107 e. The van der Waals surface area contributed by atoms with Crippen molar-refractivity contribution in [1.82, 2.24) is 4.90 Å². The van der Waals surface area contributed by atoms with Crippen LogP contribution in [0.2, 0.25) is 0 Å². The van der Waals surface area contributed by atoms with Crippen LogP contribution in [0.1, 0.15) is 181 Å². The lowest BCUT2D eigenvalue weighted by molar-refractivity contribution is -0.00101. The van der Waals surface area contributed by atoms with Crippen molar-refractivity contribution in [3.8, 4) is 0 Å². The van der Waals surface area contributed by atoms with Crippen LogP contribution in [0.4, 0.5) is 0 Å². The summed E-state index contributed by atoms with van der Waals surface area (Å²) in [4.78, 5) is 2.35. The molecule has 33 heavy (non-hydrogen) atoms. The summed E-state index contributed by atoms with van der Waals surface area (Å²) in [7, 11) is 0. The number of hydrogen-bond donors (Lipinski definition) is 1. The average Bonchev–Trinajstić information content (AvgIpc) is 2.83. The number of hydrogen-bond acceptors (Lipinski definition) is 2. The molecule has 0 bridgehead atoms. The monoisotopic (exact) mass is 468 g/mol. The van der Waals surface area contributed by atoms with Gasteiger partial charge in [-0.3, -0.25) is 4.90 Å². The SMILES string of the molecule is CCCCCCCCCCCCCCN(CCCCCCCCCCCCCC)C(O)CC. The summed E-state index contributed by atoms with van der Waals surface area (Å²) < 4.78 is 0. The zero-order valence-electron chi connectivity index (χ0n) is 23.6. The van der Waals surface area contributed by atoms with E-state index in [4.69, 9.17) is 0 Å². The lowest BCUT2D eigenvalue weighted by atomic mass is 10.0. The van der Waals surface area contributed by atoms with Crippen molar-refractivity contribution in [1.29, 1.82) is 0 Å². The van der Waals surface area contributed by atoms with Crippen LogP contribution in [-0.4, -0.2) is 29.3 Å². The van der Waals surface area contributed by atoms with E-state index < -0.39 is 0 Å². The molecule has 1 unspecified atom stereocenters. The van der Waals surface area contributed by atoms with Gasteiger partial charge in [0.05, 0.1) is 0 Å². The molecule has 2 heteroatoms. The molecule has 0 aliphatic carbocycles. The third-order valence-corrected chi connectivity index (χ3v) is 7.38. The van der Waals surface area contributed by atoms with Gasteiger partial charge in [0.1, 0.15) is 6.23 Å². The first kappa shape index (κ1) is 32.9. The minimum Gasteiger partial charge on any atom is -0.378 e. The largest absolute Gasteiger partial charge is 0.378 e. The van der Waals surface area contributed by atoms with Gasteiger partial charge in [0, 0.05) is 13.1 Å². The molecule has 0 radical (unpaired) electrons. The predicted octanol–water partition coefficient (Wildman–Crippen LogP) is 10.4. The molecule has 0 rings (SSSR count). The van der Waals surface area contributed by atoms with Gasteiger partial charge in [-0.2, -0.15) is 0 Å². The summed E-state index contributed by atoms with van der Waals surface area (Å²) in [5.41, 5.74) is 0. The molecular formula is C31H65NO. The zero-order chi connectivity index (χ0) is 24.2. The van der Waals surface area contributed by atoms with Crippen LogP contribution in [0.25, 0.3) is 0 Å². The molecule has 0 aromatic heterocycles. The topological polar surface area (TPSA) is 23.5 Å². The summed E-state index contributed by atoms with van der Waals surface area (Å²) in [6.45, 7) is 8.88. The molecule has 0 saturated heterocycles. The highest BCUT2D eigenvalue weighted by Gasteiger charge is 2.12. The van der Waals surface area contributed by atoms with Crippen molar-refractivity contribution < 1.29 is 5.11 Å². The molecule has 0 aliphatic heterocycles. The Hall–Kier alpha value is -0.0800. The van der Waals surface area contributed by atoms with E-state index in [1.807, 2.05) is 0 Å². The highest BCUT2D eigenvalue weighted by molar-refractivity contribution is 4.62. The molecule has 0 spiro atoms. The van der Waals surface area contributed by atoms with Gasteiger partial charge in [-0.25, -0.2) is 0 Å². The minimum absolute atomic E-state index is 0.231. The van der Waals surface area contributed by atoms with Crippen molar-refractivity contribution in [2.75, 3.05) is 13.1 Å². The molecule has 1 atom stereocenters. The number of nitrogens with zero attached hydrogens (tertiary/aromatic N) is 1. The molecule has 0 heterocycles. The van der Waals surface area contributed by atoms with Gasteiger partial charge < -0.3 is 5.11 Å². The molecule has 0 saturated carbocycles. The number of unbranched alkanes of at least 4 members (excludes halogenated alkanes) is 22. The second kappa shape index (κ2) is 28.2. The first-order valence-corrected chi connectivity index (χ1v) is 15.7. The Morgan fingerprint density at radius 3 is 0.879 bits per heavy atom. The van der Waals surface area contributed by atoms with Crippen LogP contribution in [0.5, 0.6) is 0 Å². The summed E-state index contributed by atoms with van der Waals surface area (Å²) in [5.74, 6) is 0. The van der Waals surface area contributed by atoms with Crippen LogP contribution in [0, 0.1) is 0 Å². The quantitative estimate of drug-likeness (QED) is 0.0913. The lowest BCUT2D eigenvalue weighted by Gasteiger charge is -2.27. The Bertz CT molecular complexity index is 318. The Morgan fingerprint density at radius 2 is 0.636 bits per heavy atom. The second-order valence-corrected chi connectivity index (χ2v) is 10.7.